The van der Waals surface area contributed by atoms with Gasteiger partial charge in [-0.25, -0.2) is 0 Å². The van der Waals surface area contributed by atoms with Crippen LogP contribution in [0, 0.1) is 5.92 Å². The van der Waals surface area contributed by atoms with Gasteiger partial charge in [-0.1, -0.05) is 29.3 Å². The zero-order valence-electron chi connectivity index (χ0n) is 9.31. The van der Waals surface area contributed by atoms with E-state index in [1.165, 1.54) is 31.4 Å². The summed E-state index contributed by atoms with van der Waals surface area (Å²) in [4.78, 5) is 0. The molecule has 3 heteroatoms. The molecule has 1 fully saturated rings. The van der Waals surface area contributed by atoms with E-state index < -0.39 is 0 Å². The molecular formula is C13H17Cl2N. The van der Waals surface area contributed by atoms with Crippen molar-refractivity contribution in [2.45, 2.75) is 25.7 Å². The Morgan fingerprint density at radius 1 is 1.31 bits per heavy atom. The Hall–Kier alpha value is -0.240. The Morgan fingerprint density at radius 2 is 2.19 bits per heavy atom. The van der Waals surface area contributed by atoms with Gasteiger partial charge >= 0.3 is 0 Å². The van der Waals surface area contributed by atoms with Crippen LogP contribution in [-0.2, 0) is 6.42 Å². The average molecular weight is 258 g/mol. The Labute approximate surface area is 107 Å². The monoisotopic (exact) mass is 257 g/mol. The zero-order valence-corrected chi connectivity index (χ0v) is 10.8. The molecule has 1 N–H and O–H groups in total. The van der Waals surface area contributed by atoms with Crippen molar-refractivity contribution < 1.29 is 0 Å². The van der Waals surface area contributed by atoms with E-state index >= 15 is 0 Å². The molecule has 0 amide bonds. The largest absolute Gasteiger partial charge is 0.316 e. The lowest BCUT2D eigenvalue weighted by Crippen LogP contribution is -2.29. The summed E-state index contributed by atoms with van der Waals surface area (Å²) in [6.45, 7) is 2.34. The standard InChI is InChI=1S/C13H17Cl2N/c14-12-6-5-11(13(15)8-12)4-3-10-2-1-7-16-9-10/h5-6,8,10,16H,1-4,7,9H2. The van der Waals surface area contributed by atoms with Crippen molar-refractivity contribution in [1.29, 1.82) is 0 Å². The number of hydrogen-bond donors (Lipinski definition) is 1. The van der Waals surface area contributed by atoms with E-state index in [2.05, 4.69) is 5.32 Å². The number of benzene rings is 1. The van der Waals surface area contributed by atoms with Crippen LogP contribution in [0.5, 0.6) is 0 Å². The van der Waals surface area contributed by atoms with Crippen LogP contribution in [0.4, 0.5) is 0 Å². The molecule has 1 aromatic carbocycles. The number of nitrogens with one attached hydrogen (secondary N) is 1. The van der Waals surface area contributed by atoms with Gasteiger partial charge in [-0.3, -0.25) is 0 Å². The van der Waals surface area contributed by atoms with Crippen LogP contribution in [-0.4, -0.2) is 13.1 Å². The van der Waals surface area contributed by atoms with E-state index in [0.29, 0.717) is 5.02 Å². The Kier molecular flexibility index (Phi) is 4.51. The van der Waals surface area contributed by atoms with Crippen molar-refractivity contribution in [2.75, 3.05) is 13.1 Å². The lowest BCUT2D eigenvalue weighted by molar-refractivity contribution is 0.358. The maximum absolute atomic E-state index is 6.15. The van der Waals surface area contributed by atoms with Crippen LogP contribution >= 0.6 is 23.2 Å². The summed E-state index contributed by atoms with van der Waals surface area (Å²) >= 11 is 12.0. The summed E-state index contributed by atoms with van der Waals surface area (Å²) in [5.74, 6) is 0.806. The molecule has 1 heterocycles. The molecular weight excluding hydrogens is 241 g/mol. The molecule has 88 valence electrons. The number of halogens is 2. The van der Waals surface area contributed by atoms with E-state index in [4.69, 9.17) is 23.2 Å². The summed E-state index contributed by atoms with van der Waals surface area (Å²) < 4.78 is 0. The van der Waals surface area contributed by atoms with Gasteiger partial charge in [0.05, 0.1) is 0 Å². The van der Waals surface area contributed by atoms with Crippen molar-refractivity contribution in [1.82, 2.24) is 5.32 Å². The van der Waals surface area contributed by atoms with Crippen LogP contribution < -0.4 is 5.32 Å². The van der Waals surface area contributed by atoms with Gasteiger partial charge in [-0.15, -0.1) is 0 Å². The SMILES string of the molecule is Clc1ccc(CCC2CCCNC2)c(Cl)c1. The molecule has 1 aromatic rings. The van der Waals surface area contributed by atoms with E-state index in [0.717, 1.165) is 23.9 Å². The van der Waals surface area contributed by atoms with Gasteiger partial charge in [-0.2, -0.15) is 0 Å². The number of piperidine rings is 1. The molecule has 1 nitrogen and oxygen atoms in total. The van der Waals surface area contributed by atoms with E-state index in [9.17, 15) is 0 Å². The van der Waals surface area contributed by atoms with Crippen LogP contribution in [0.3, 0.4) is 0 Å². The number of hydrogen-bond acceptors (Lipinski definition) is 1. The minimum atomic E-state index is 0.716. The summed E-state index contributed by atoms with van der Waals surface area (Å²) in [6, 6.07) is 5.79. The summed E-state index contributed by atoms with van der Waals surface area (Å²) in [6.07, 6.45) is 4.92. The molecule has 0 spiro atoms. The fraction of sp³-hybridized carbons (Fsp3) is 0.538. The van der Waals surface area contributed by atoms with Crippen LogP contribution in [0.15, 0.2) is 18.2 Å². The molecule has 0 aromatic heterocycles. The molecule has 1 aliphatic heterocycles. The van der Waals surface area contributed by atoms with Gasteiger partial charge in [0, 0.05) is 10.0 Å². The van der Waals surface area contributed by atoms with Crippen LogP contribution in [0.2, 0.25) is 10.0 Å². The van der Waals surface area contributed by atoms with Crippen molar-refractivity contribution in [3.05, 3.63) is 33.8 Å². The zero-order chi connectivity index (χ0) is 11.4. The van der Waals surface area contributed by atoms with Gasteiger partial charge in [0.25, 0.3) is 0 Å². The summed E-state index contributed by atoms with van der Waals surface area (Å²) in [5, 5.41) is 4.96. The molecule has 0 aliphatic carbocycles. The molecule has 1 atom stereocenters. The predicted molar refractivity (Wildman–Crippen MR) is 70.4 cm³/mol. The molecule has 1 saturated heterocycles. The number of aryl methyl sites for hydroxylation is 1. The van der Waals surface area contributed by atoms with E-state index in [1.807, 2.05) is 18.2 Å². The molecule has 0 saturated carbocycles. The lowest BCUT2D eigenvalue weighted by atomic mass is 9.93. The van der Waals surface area contributed by atoms with Gasteiger partial charge in [0.1, 0.15) is 0 Å². The summed E-state index contributed by atoms with van der Waals surface area (Å²) in [5.41, 5.74) is 1.22. The Bertz CT molecular complexity index is 346. The van der Waals surface area contributed by atoms with Gasteiger partial charge in [0.2, 0.25) is 0 Å². The highest BCUT2D eigenvalue weighted by molar-refractivity contribution is 6.35. The first-order valence-corrected chi connectivity index (χ1v) is 6.66. The normalized spacial score (nSPS) is 21.0. The maximum Gasteiger partial charge on any atom is 0.0452 e. The topological polar surface area (TPSA) is 12.0 Å². The molecule has 1 aliphatic rings. The first-order chi connectivity index (χ1) is 7.75. The molecule has 1 unspecified atom stereocenters. The van der Waals surface area contributed by atoms with Crippen molar-refractivity contribution in [3.63, 3.8) is 0 Å². The fourth-order valence-electron chi connectivity index (χ4n) is 2.25. The highest BCUT2D eigenvalue weighted by Crippen LogP contribution is 2.24. The van der Waals surface area contributed by atoms with Gasteiger partial charge in [0.15, 0.2) is 0 Å². The quantitative estimate of drug-likeness (QED) is 0.866. The van der Waals surface area contributed by atoms with Crippen molar-refractivity contribution in [2.24, 2.45) is 5.92 Å². The third-order valence-electron chi connectivity index (χ3n) is 3.24. The Morgan fingerprint density at radius 3 is 2.88 bits per heavy atom. The Balaban J connectivity index is 1.88. The highest BCUT2D eigenvalue weighted by Gasteiger charge is 2.13. The molecule has 2 rings (SSSR count). The average Bonchev–Trinajstić information content (AvgIpc) is 2.29. The van der Waals surface area contributed by atoms with E-state index in [-0.39, 0.29) is 0 Å². The molecule has 0 radical (unpaired) electrons. The third kappa shape index (κ3) is 3.38. The first kappa shape index (κ1) is 12.2. The summed E-state index contributed by atoms with van der Waals surface area (Å²) in [7, 11) is 0. The minimum absolute atomic E-state index is 0.716. The molecule has 0 bridgehead atoms. The number of rotatable bonds is 3. The van der Waals surface area contributed by atoms with E-state index in [1.54, 1.807) is 0 Å². The second-order valence-electron chi connectivity index (χ2n) is 4.49. The fourth-order valence-corrected chi connectivity index (χ4v) is 2.76. The predicted octanol–water partition coefficient (Wildman–Crippen LogP) is 3.93. The highest BCUT2D eigenvalue weighted by atomic mass is 35.5. The second kappa shape index (κ2) is 5.90. The maximum atomic E-state index is 6.15. The van der Waals surface area contributed by atoms with Gasteiger partial charge in [-0.05, 0) is 62.4 Å². The van der Waals surface area contributed by atoms with Crippen LogP contribution in [0.1, 0.15) is 24.8 Å². The van der Waals surface area contributed by atoms with Crippen LogP contribution in [0.25, 0.3) is 0 Å². The van der Waals surface area contributed by atoms with Crippen molar-refractivity contribution >= 4 is 23.2 Å². The van der Waals surface area contributed by atoms with Crippen molar-refractivity contribution in [3.8, 4) is 0 Å². The smallest absolute Gasteiger partial charge is 0.0452 e. The lowest BCUT2D eigenvalue weighted by Gasteiger charge is -2.22. The second-order valence-corrected chi connectivity index (χ2v) is 5.33. The third-order valence-corrected chi connectivity index (χ3v) is 3.82. The molecule has 16 heavy (non-hydrogen) atoms. The minimum Gasteiger partial charge on any atom is -0.316 e. The first-order valence-electron chi connectivity index (χ1n) is 5.90. The van der Waals surface area contributed by atoms with Gasteiger partial charge < -0.3 is 5.32 Å².